The van der Waals surface area contributed by atoms with E-state index in [1.165, 1.54) is 18.1 Å². The third-order valence-corrected chi connectivity index (χ3v) is 6.43. The Hall–Kier alpha value is -2.12. The lowest BCUT2D eigenvalue weighted by molar-refractivity contribution is -0.132. The molecule has 2 aromatic carbocycles. The Morgan fingerprint density at radius 3 is 2.50 bits per heavy atom. The van der Waals surface area contributed by atoms with Crippen molar-refractivity contribution in [3.8, 4) is 0 Å². The van der Waals surface area contributed by atoms with E-state index in [-0.39, 0.29) is 26.7 Å². The lowest BCUT2D eigenvalue weighted by Gasteiger charge is -2.26. The minimum atomic E-state index is -2.04. The molecule has 1 saturated heterocycles. The van der Waals surface area contributed by atoms with Gasteiger partial charge in [-0.25, -0.2) is 4.79 Å². The van der Waals surface area contributed by atoms with Gasteiger partial charge in [-0.05, 0) is 44.1 Å². The lowest BCUT2D eigenvalue weighted by atomic mass is 9.87. The number of likely N-dealkylation sites (tertiary alicyclic amines) is 1. The second kappa shape index (κ2) is 8.19. The average Bonchev–Trinajstić information content (AvgIpc) is 3.32. The molecule has 30 heavy (non-hydrogen) atoms. The number of ether oxygens (including phenoxy) is 1. The van der Waals surface area contributed by atoms with E-state index in [0.717, 1.165) is 25.9 Å². The number of carbonyl (C=O) groups is 2. The molecule has 2 aliphatic heterocycles. The van der Waals surface area contributed by atoms with Crippen LogP contribution in [0.1, 0.15) is 34.3 Å². The second-order valence-corrected chi connectivity index (χ2v) is 8.35. The van der Waals surface area contributed by atoms with Gasteiger partial charge in [0.15, 0.2) is 5.60 Å². The first-order chi connectivity index (χ1) is 14.4. The molecule has 1 fully saturated rings. The molecular formula is C22H22Cl2N2O4. The number of halogens is 2. The van der Waals surface area contributed by atoms with E-state index >= 15 is 0 Å². The van der Waals surface area contributed by atoms with Gasteiger partial charge in [0.25, 0.3) is 5.91 Å². The van der Waals surface area contributed by atoms with Gasteiger partial charge in [-0.15, -0.1) is 0 Å². The van der Waals surface area contributed by atoms with Gasteiger partial charge in [0.2, 0.25) is 0 Å². The van der Waals surface area contributed by atoms with Crippen LogP contribution in [0, 0.1) is 0 Å². The van der Waals surface area contributed by atoms with Crippen molar-refractivity contribution in [2.45, 2.75) is 18.4 Å². The molecule has 4 rings (SSSR count). The summed E-state index contributed by atoms with van der Waals surface area (Å²) in [5, 5.41) is 12.1. The van der Waals surface area contributed by atoms with Crippen molar-refractivity contribution in [3.05, 3.63) is 63.1 Å². The maximum absolute atomic E-state index is 13.6. The maximum Gasteiger partial charge on any atom is 0.337 e. The Morgan fingerprint density at radius 1 is 1.13 bits per heavy atom. The van der Waals surface area contributed by atoms with Gasteiger partial charge in [0.05, 0.1) is 23.4 Å². The summed E-state index contributed by atoms with van der Waals surface area (Å²) in [6, 6.07) is 9.61. The standard InChI is InChI=1S/C22H22Cl2N2O4/c1-30-20(27)14-12-17(24)19-18(13-14)26(11-10-25-8-4-5-9-25)21(28)22(19,29)15-6-2-3-7-16(15)23/h2-3,6-7,12-13,29H,4-5,8-11H2,1H3. The second-order valence-electron chi connectivity index (χ2n) is 7.54. The molecule has 8 heteroatoms. The molecule has 0 bridgehead atoms. The Morgan fingerprint density at radius 2 is 1.83 bits per heavy atom. The molecule has 1 unspecified atom stereocenters. The van der Waals surface area contributed by atoms with Crippen molar-refractivity contribution in [2.75, 3.05) is 38.2 Å². The van der Waals surface area contributed by atoms with Crippen molar-refractivity contribution in [3.63, 3.8) is 0 Å². The zero-order valence-corrected chi connectivity index (χ0v) is 18.0. The molecule has 0 spiro atoms. The maximum atomic E-state index is 13.6. The third-order valence-electron chi connectivity index (χ3n) is 5.80. The fourth-order valence-corrected chi connectivity index (χ4v) is 4.91. The first kappa shape index (κ1) is 21.1. The van der Waals surface area contributed by atoms with Gasteiger partial charge >= 0.3 is 5.97 Å². The van der Waals surface area contributed by atoms with Gasteiger partial charge in [-0.3, -0.25) is 4.79 Å². The van der Waals surface area contributed by atoms with Gasteiger partial charge in [0.1, 0.15) is 0 Å². The predicted molar refractivity (Wildman–Crippen MR) is 115 cm³/mol. The molecule has 2 aromatic rings. The molecule has 1 atom stereocenters. The van der Waals surface area contributed by atoms with Crippen LogP contribution in [-0.2, 0) is 15.1 Å². The van der Waals surface area contributed by atoms with Crippen LogP contribution in [0.15, 0.2) is 36.4 Å². The number of rotatable bonds is 5. The van der Waals surface area contributed by atoms with Crippen LogP contribution >= 0.6 is 23.2 Å². The fraction of sp³-hybridized carbons (Fsp3) is 0.364. The fourth-order valence-electron chi connectivity index (χ4n) is 4.28. The summed E-state index contributed by atoms with van der Waals surface area (Å²) in [6.45, 7) is 2.97. The highest BCUT2D eigenvalue weighted by molar-refractivity contribution is 6.35. The summed E-state index contributed by atoms with van der Waals surface area (Å²) in [5.41, 5.74) is -0.937. The number of amides is 1. The average molecular weight is 449 g/mol. The van der Waals surface area contributed by atoms with Gasteiger partial charge in [-0.1, -0.05) is 41.4 Å². The molecule has 6 nitrogen and oxygen atoms in total. The summed E-state index contributed by atoms with van der Waals surface area (Å²) >= 11 is 12.9. The van der Waals surface area contributed by atoms with Crippen LogP contribution in [0.25, 0.3) is 0 Å². The first-order valence-electron chi connectivity index (χ1n) is 9.82. The van der Waals surface area contributed by atoms with E-state index in [9.17, 15) is 14.7 Å². The summed E-state index contributed by atoms with van der Waals surface area (Å²) in [6.07, 6.45) is 2.26. The topological polar surface area (TPSA) is 70.1 Å². The van der Waals surface area contributed by atoms with Crippen LogP contribution in [0.4, 0.5) is 5.69 Å². The monoisotopic (exact) mass is 448 g/mol. The molecule has 2 heterocycles. The lowest BCUT2D eigenvalue weighted by Crippen LogP contribution is -2.44. The summed E-state index contributed by atoms with van der Waals surface area (Å²) in [7, 11) is 1.28. The number of aliphatic hydroxyl groups is 1. The third kappa shape index (κ3) is 3.38. The number of benzene rings is 2. The van der Waals surface area contributed by atoms with Crippen LogP contribution in [0.2, 0.25) is 10.0 Å². The quantitative estimate of drug-likeness (QED) is 0.709. The summed E-state index contributed by atoms with van der Waals surface area (Å²) in [4.78, 5) is 29.5. The number of carbonyl (C=O) groups excluding carboxylic acids is 2. The minimum Gasteiger partial charge on any atom is -0.465 e. The largest absolute Gasteiger partial charge is 0.465 e. The van der Waals surface area contributed by atoms with Crippen LogP contribution in [0.5, 0.6) is 0 Å². The number of nitrogens with zero attached hydrogens (tertiary/aromatic N) is 2. The number of esters is 1. The molecule has 0 saturated carbocycles. The summed E-state index contributed by atoms with van der Waals surface area (Å²) in [5.74, 6) is -1.10. The number of hydrogen-bond donors (Lipinski definition) is 1. The molecule has 158 valence electrons. The minimum absolute atomic E-state index is 0.104. The Kier molecular flexibility index (Phi) is 5.77. The smallest absolute Gasteiger partial charge is 0.337 e. The van der Waals surface area contributed by atoms with Crippen molar-refractivity contribution >= 4 is 40.8 Å². The number of methoxy groups -OCH3 is 1. The van der Waals surface area contributed by atoms with Crippen molar-refractivity contribution < 1.29 is 19.4 Å². The number of anilines is 1. The molecule has 0 aliphatic carbocycles. The molecule has 2 aliphatic rings. The SMILES string of the molecule is COC(=O)c1cc(Cl)c2c(c1)N(CCN1CCCC1)C(=O)C2(O)c1ccccc1Cl. The zero-order valence-electron chi connectivity index (χ0n) is 16.5. The van der Waals surface area contributed by atoms with Crippen LogP contribution in [0.3, 0.4) is 0 Å². The molecule has 0 radical (unpaired) electrons. The number of fused-ring (bicyclic) bond motifs is 1. The molecular weight excluding hydrogens is 427 g/mol. The van der Waals surface area contributed by atoms with Crippen LogP contribution < -0.4 is 4.90 Å². The summed E-state index contributed by atoms with van der Waals surface area (Å²) < 4.78 is 4.82. The van der Waals surface area contributed by atoms with Gasteiger partial charge < -0.3 is 19.6 Å². The van der Waals surface area contributed by atoms with E-state index in [2.05, 4.69) is 4.90 Å². The van der Waals surface area contributed by atoms with Crippen LogP contribution in [-0.4, -0.2) is 55.2 Å². The number of hydrogen-bond acceptors (Lipinski definition) is 5. The Bertz CT molecular complexity index is 1010. The highest BCUT2D eigenvalue weighted by Gasteiger charge is 2.53. The van der Waals surface area contributed by atoms with E-state index in [1.54, 1.807) is 30.3 Å². The van der Waals surface area contributed by atoms with Crippen molar-refractivity contribution in [2.24, 2.45) is 0 Å². The first-order valence-corrected chi connectivity index (χ1v) is 10.6. The van der Waals surface area contributed by atoms with Gasteiger partial charge in [0, 0.05) is 29.2 Å². The molecule has 0 aromatic heterocycles. The Labute approximate surface area is 184 Å². The van der Waals surface area contributed by atoms with E-state index in [0.29, 0.717) is 18.8 Å². The predicted octanol–water partition coefficient (Wildman–Crippen LogP) is 3.46. The van der Waals surface area contributed by atoms with E-state index in [4.69, 9.17) is 27.9 Å². The molecule has 1 amide bonds. The molecule has 1 N–H and O–H groups in total. The van der Waals surface area contributed by atoms with Crippen molar-refractivity contribution in [1.29, 1.82) is 0 Å². The Balaban J connectivity index is 1.84. The van der Waals surface area contributed by atoms with Gasteiger partial charge in [-0.2, -0.15) is 0 Å². The highest BCUT2D eigenvalue weighted by Crippen LogP contribution is 2.49. The van der Waals surface area contributed by atoms with E-state index < -0.39 is 17.5 Å². The highest BCUT2D eigenvalue weighted by atomic mass is 35.5. The normalized spacial score (nSPS) is 21.2. The van der Waals surface area contributed by atoms with Crippen molar-refractivity contribution in [1.82, 2.24) is 4.90 Å². The van der Waals surface area contributed by atoms with E-state index in [1.807, 2.05) is 0 Å². The zero-order chi connectivity index (χ0) is 21.5.